The van der Waals surface area contributed by atoms with Gasteiger partial charge in [-0.1, -0.05) is 215 Å². The molecule has 20 rings (SSSR count). The van der Waals surface area contributed by atoms with Crippen LogP contribution in [0.2, 0.25) is 0 Å². The molecule has 0 atom stereocenters. The zero-order chi connectivity index (χ0) is 70.8. The van der Waals surface area contributed by atoms with Crippen LogP contribution >= 0.6 is 0 Å². The molecule has 502 valence electrons. The molecule has 0 saturated carbocycles. The van der Waals surface area contributed by atoms with E-state index in [9.17, 15) is 0 Å². The lowest BCUT2D eigenvalue weighted by molar-refractivity contribution is -0.137. The van der Waals surface area contributed by atoms with Crippen LogP contribution in [0.1, 0.15) is 38.9 Å². The highest BCUT2D eigenvalue weighted by Gasteiger charge is 2.46. The number of rotatable bonds is 9. The third-order valence-electron chi connectivity index (χ3n) is 22.0. The van der Waals surface area contributed by atoms with Crippen molar-refractivity contribution in [2.24, 2.45) is 0 Å². The highest BCUT2D eigenvalue weighted by Crippen LogP contribution is 2.56. The maximum Gasteiger partial charge on any atom is 0.420 e. The van der Waals surface area contributed by atoms with E-state index in [4.69, 9.17) is 0 Å². The summed E-state index contributed by atoms with van der Waals surface area (Å²) in [6.45, 7) is 12.5. The molecule has 0 N–H and O–H groups in total. The van der Waals surface area contributed by atoms with E-state index in [1.54, 1.807) is 0 Å². The monoisotopic (exact) mass is 1360 g/mol. The molecule has 0 aliphatic rings. The van der Waals surface area contributed by atoms with Crippen LogP contribution in [0.15, 0.2) is 303 Å². The van der Waals surface area contributed by atoms with Crippen LogP contribution in [0.3, 0.4) is 0 Å². The lowest BCUT2D eigenvalue weighted by Crippen LogP contribution is -2.23. The van der Waals surface area contributed by atoms with Crippen molar-refractivity contribution >= 4 is 109 Å². The van der Waals surface area contributed by atoms with Crippen LogP contribution in [-0.4, -0.2) is 22.8 Å². The summed E-state index contributed by atoms with van der Waals surface area (Å²) in [5.41, 5.74) is 21.6. The van der Waals surface area contributed by atoms with Gasteiger partial charge in [-0.3, -0.25) is 0 Å². The third kappa shape index (κ3) is 9.55. The molecule has 0 aliphatic heterocycles. The number of halogens is 3. The average Bonchev–Trinajstić information content (AvgIpc) is 1.56. The Morgan fingerprint density at radius 1 is 0.181 bits per heavy atom. The highest BCUT2D eigenvalue weighted by molar-refractivity contribution is 6.19. The van der Waals surface area contributed by atoms with Crippen molar-refractivity contribution in [3.05, 3.63) is 342 Å². The predicted octanol–water partition coefficient (Wildman–Crippen LogP) is 26.7. The number of nitrogens with zero attached hydrogens (tertiary/aromatic N) is 5. The summed E-state index contributed by atoms with van der Waals surface area (Å²) in [5, 5.41) is 8.87. The van der Waals surface area contributed by atoms with Crippen molar-refractivity contribution in [2.75, 3.05) is 0 Å². The Hall–Kier alpha value is -12.9. The van der Waals surface area contributed by atoms with Crippen molar-refractivity contribution in [1.29, 1.82) is 0 Å². The lowest BCUT2D eigenvalue weighted by Gasteiger charge is -2.32. The van der Waals surface area contributed by atoms with Gasteiger partial charge in [-0.05, 0) is 207 Å². The van der Waals surface area contributed by atoms with E-state index in [-0.39, 0.29) is 11.4 Å². The van der Waals surface area contributed by atoms with Crippen molar-refractivity contribution in [3.8, 4) is 72.9 Å². The molecule has 8 heteroatoms. The van der Waals surface area contributed by atoms with E-state index < -0.39 is 11.7 Å². The maximum absolute atomic E-state index is 19.8. The van der Waals surface area contributed by atoms with E-state index in [0.717, 1.165) is 165 Å². The molecular weight excluding hydrogens is 1290 g/mol. The van der Waals surface area contributed by atoms with Crippen LogP contribution in [0.4, 0.5) is 13.2 Å². The van der Waals surface area contributed by atoms with Crippen LogP contribution in [0.5, 0.6) is 0 Å². The molecule has 0 saturated heterocycles. The van der Waals surface area contributed by atoms with E-state index in [0.29, 0.717) is 39.1 Å². The number of hydrogen-bond donors (Lipinski definition) is 0. The Labute approximate surface area is 604 Å². The molecule has 105 heavy (non-hydrogen) atoms. The van der Waals surface area contributed by atoms with Crippen molar-refractivity contribution in [3.63, 3.8) is 0 Å². The normalized spacial score (nSPS) is 12.2. The second-order valence-electron chi connectivity index (χ2n) is 28.8. The Balaban J connectivity index is 1.13. The van der Waals surface area contributed by atoms with Crippen LogP contribution in [-0.2, 0) is 6.18 Å². The van der Waals surface area contributed by atoms with Crippen LogP contribution in [0, 0.1) is 41.5 Å². The smallest absolute Gasteiger partial charge is 0.306 e. The second kappa shape index (κ2) is 23.3. The SMILES string of the molecule is Cc1ccc2c(c1)c1cc(C)ccc1n2-c1c(-n2c3ccc(-c4ccccc4)cc3c3cc(-c4ccccc4)ccc32)c(-n2c3ccc(C)cc3c3cc(C)ccc32)c(C(F)(F)F)c(-n2c3ccc(C)cc3c3cc(C)ccc32)c1-n1c2ccc(-c3ccccc3)cc2c2cc(-c3ccccc3)ccc21. The molecule has 15 aromatic carbocycles. The Morgan fingerprint density at radius 3 is 0.552 bits per heavy atom. The number of hydrogen-bond acceptors (Lipinski definition) is 0. The molecule has 0 aliphatic carbocycles. The van der Waals surface area contributed by atoms with Gasteiger partial charge in [-0.25, -0.2) is 0 Å². The zero-order valence-corrected chi connectivity index (χ0v) is 58.7. The summed E-state index contributed by atoms with van der Waals surface area (Å²) in [5.74, 6) is 0. The topological polar surface area (TPSA) is 24.6 Å². The molecule has 5 aromatic heterocycles. The van der Waals surface area contributed by atoms with E-state index in [2.05, 4.69) is 286 Å². The minimum absolute atomic E-state index is 0.0241. The largest absolute Gasteiger partial charge is 0.420 e. The molecule has 0 bridgehead atoms. The first kappa shape index (κ1) is 61.9. The Morgan fingerprint density at radius 2 is 0.352 bits per heavy atom. The lowest BCUT2D eigenvalue weighted by atomic mass is 9.99. The molecule has 5 nitrogen and oxygen atoms in total. The summed E-state index contributed by atoms with van der Waals surface area (Å²) < 4.78 is 70.2. The molecule has 0 fully saturated rings. The summed E-state index contributed by atoms with van der Waals surface area (Å²) in [6, 6.07) is 106. The molecule has 0 amide bonds. The van der Waals surface area contributed by atoms with Crippen LogP contribution < -0.4 is 0 Å². The van der Waals surface area contributed by atoms with E-state index in [1.807, 2.05) is 81.9 Å². The fourth-order valence-corrected chi connectivity index (χ4v) is 17.3. The quantitative estimate of drug-likeness (QED) is 0.138. The number of benzene rings is 15. The van der Waals surface area contributed by atoms with Gasteiger partial charge in [0.05, 0.1) is 83.6 Å². The average molecular weight is 1360 g/mol. The molecule has 0 radical (unpaired) electrons. The minimum Gasteiger partial charge on any atom is -0.306 e. The van der Waals surface area contributed by atoms with Gasteiger partial charge < -0.3 is 22.8 Å². The number of fused-ring (bicyclic) bond motifs is 15. The van der Waals surface area contributed by atoms with E-state index in [1.165, 1.54) is 0 Å². The Bertz CT molecular complexity index is 6320. The standard InChI is InChI=1S/C97H68F3N5/c1-57-27-37-81-71(47-57)72-48-58(2)28-38-82(72)101(81)92-91(97(98,99)100)93(102-83-39-29-59(3)49-73(83)74-50-60(4)30-40-84(74)102)95(104-89-45-35-69(65-23-15-9-16-24-65)55-79(89)80-56-70(36-46-90(80)104)66-25-17-10-18-26-66)96(105-85-41-31-61(5)51-75(85)76-52-62(6)32-42-86(76)105)94(92)103-87-43-33-67(63-19-11-7-12-20-63)53-77(87)78-54-68(34-44-88(78)103)64-21-13-8-14-22-64/h7-56H,1-6H3. The molecule has 0 spiro atoms. The number of aromatic nitrogens is 5. The van der Waals surface area contributed by atoms with Gasteiger partial charge in [-0.2, -0.15) is 13.2 Å². The summed E-state index contributed by atoms with van der Waals surface area (Å²) in [4.78, 5) is 0. The van der Waals surface area contributed by atoms with Gasteiger partial charge in [0, 0.05) is 53.9 Å². The third-order valence-corrected chi connectivity index (χ3v) is 22.0. The molecular formula is C97H68F3N5. The Kier molecular flexibility index (Phi) is 13.7. The van der Waals surface area contributed by atoms with Gasteiger partial charge >= 0.3 is 6.18 Å². The summed E-state index contributed by atoms with van der Waals surface area (Å²) >= 11 is 0. The van der Waals surface area contributed by atoms with Gasteiger partial charge in [0.1, 0.15) is 5.56 Å². The fourth-order valence-electron chi connectivity index (χ4n) is 17.3. The maximum atomic E-state index is 19.8. The predicted molar refractivity (Wildman–Crippen MR) is 433 cm³/mol. The highest BCUT2D eigenvalue weighted by atomic mass is 19.4. The van der Waals surface area contributed by atoms with E-state index >= 15 is 13.2 Å². The fraction of sp³-hybridized carbons (Fsp3) is 0.0722. The summed E-state index contributed by atoms with van der Waals surface area (Å²) in [6.07, 6.45) is -5.13. The first-order valence-electron chi connectivity index (χ1n) is 35.9. The van der Waals surface area contributed by atoms with Gasteiger partial charge in [-0.15, -0.1) is 0 Å². The van der Waals surface area contributed by atoms with Gasteiger partial charge in [0.2, 0.25) is 0 Å². The molecule has 20 aromatic rings. The zero-order valence-electron chi connectivity index (χ0n) is 58.7. The van der Waals surface area contributed by atoms with Gasteiger partial charge in [0.15, 0.2) is 0 Å². The van der Waals surface area contributed by atoms with Crippen molar-refractivity contribution in [1.82, 2.24) is 22.8 Å². The first-order chi connectivity index (χ1) is 51.2. The summed E-state index contributed by atoms with van der Waals surface area (Å²) in [7, 11) is 0. The van der Waals surface area contributed by atoms with Crippen molar-refractivity contribution in [2.45, 2.75) is 47.7 Å². The molecule has 5 heterocycles. The van der Waals surface area contributed by atoms with Gasteiger partial charge in [0.25, 0.3) is 0 Å². The van der Waals surface area contributed by atoms with Crippen molar-refractivity contribution < 1.29 is 13.2 Å². The minimum atomic E-state index is -5.13. The molecule has 0 unspecified atom stereocenters. The number of alkyl halides is 3. The number of aryl methyl sites for hydroxylation is 6. The first-order valence-corrected chi connectivity index (χ1v) is 35.9. The van der Waals surface area contributed by atoms with Crippen LogP contribution in [0.25, 0.3) is 182 Å². The second-order valence-corrected chi connectivity index (χ2v) is 28.8.